The second-order valence-electron chi connectivity index (χ2n) is 9.47. The molecule has 32 heavy (non-hydrogen) atoms. The van der Waals surface area contributed by atoms with Gasteiger partial charge < -0.3 is 14.0 Å². The van der Waals surface area contributed by atoms with E-state index in [1.165, 1.54) is 0 Å². The molecule has 2 saturated heterocycles. The molecule has 2 aromatic heterocycles. The maximum Gasteiger partial charge on any atom is 0.494 e. The molecule has 0 saturated carbocycles. The third kappa shape index (κ3) is 3.84. The lowest BCUT2D eigenvalue weighted by molar-refractivity contribution is -0.0367. The van der Waals surface area contributed by atoms with E-state index in [-0.39, 0.29) is 6.23 Å². The summed E-state index contributed by atoms with van der Waals surface area (Å²) in [7, 11) is -0.431. The summed E-state index contributed by atoms with van der Waals surface area (Å²) < 4.78 is 20.6. The number of fused-ring (bicyclic) bond motifs is 1. The van der Waals surface area contributed by atoms with E-state index in [1.807, 2.05) is 16.8 Å². The first-order valence-corrected chi connectivity index (χ1v) is 11.3. The van der Waals surface area contributed by atoms with Crippen molar-refractivity contribution in [2.24, 2.45) is 0 Å². The molecule has 1 aromatic carbocycles. The molecule has 0 aliphatic carbocycles. The smallest absolute Gasteiger partial charge is 0.399 e. The summed E-state index contributed by atoms with van der Waals surface area (Å²) in [5, 5.41) is 5.85. The molecule has 7 heteroatoms. The summed E-state index contributed by atoms with van der Waals surface area (Å²) in [4.78, 5) is 4.06. The Morgan fingerprint density at radius 2 is 1.75 bits per heavy atom. The highest BCUT2D eigenvalue weighted by molar-refractivity contribution is 6.62. The minimum Gasteiger partial charge on any atom is -0.399 e. The largest absolute Gasteiger partial charge is 0.494 e. The van der Waals surface area contributed by atoms with E-state index >= 15 is 0 Å². The van der Waals surface area contributed by atoms with Crippen LogP contribution in [0.1, 0.15) is 64.4 Å². The first-order chi connectivity index (χ1) is 15.3. The van der Waals surface area contributed by atoms with Crippen LogP contribution in [0, 0.1) is 11.8 Å². The number of hydrogen-bond acceptors (Lipinski definition) is 5. The van der Waals surface area contributed by atoms with E-state index < -0.39 is 18.3 Å². The molecule has 0 amide bonds. The summed E-state index contributed by atoms with van der Waals surface area (Å²) in [6.45, 7) is 9.02. The maximum atomic E-state index is 6.27. The van der Waals surface area contributed by atoms with Gasteiger partial charge in [0.15, 0.2) is 6.23 Å². The van der Waals surface area contributed by atoms with Crippen LogP contribution in [0.15, 0.2) is 42.7 Å². The van der Waals surface area contributed by atoms with Gasteiger partial charge in [-0.3, -0.25) is 4.98 Å². The Morgan fingerprint density at radius 1 is 1.00 bits per heavy atom. The van der Waals surface area contributed by atoms with Crippen molar-refractivity contribution in [1.82, 2.24) is 14.8 Å². The number of ether oxygens (including phenoxy) is 1. The van der Waals surface area contributed by atoms with Crippen LogP contribution in [-0.2, 0) is 14.0 Å². The molecule has 2 fully saturated rings. The second-order valence-corrected chi connectivity index (χ2v) is 9.47. The highest BCUT2D eigenvalue weighted by atomic mass is 16.7. The fraction of sp³-hybridized carbons (Fsp3) is 0.440. The van der Waals surface area contributed by atoms with Gasteiger partial charge in [-0.1, -0.05) is 18.1 Å². The third-order valence-electron chi connectivity index (χ3n) is 6.69. The lowest BCUT2D eigenvalue weighted by atomic mass is 9.78. The van der Waals surface area contributed by atoms with Gasteiger partial charge in [0.1, 0.15) is 5.69 Å². The van der Waals surface area contributed by atoms with E-state index in [0.717, 1.165) is 53.5 Å². The van der Waals surface area contributed by atoms with Crippen molar-refractivity contribution in [1.29, 1.82) is 0 Å². The van der Waals surface area contributed by atoms with E-state index in [9.17, 15) is 0 Å². The molecule has 6 nitrogen and oxygen atoms in total. The van der Waals surface area contributed by atoms with Crippen LogP contribution in [0.4, 0.5) is 0 Å². The zero-order chi connectivity index (χ0) is 22.3. The Morgan fingerprint density at radius 3 is 2.44 bits per heavy atom. The van der Waals surface area contributed by atoms with Crippen molar-refractivity contribution in [3.8, 4) is 11.8 Å². The average molecular weight is 429 g/mol. The van der Waals surface area contributed by atoms with Crippen LogP contribution in [0.25, 0.3) is 10.9 Å². The van der Waals surface area contributed by atoms with Gasteiger partial charge in [0, 0.05) is 30.0 Å². The summed E-state index contributed by atoms with van der Waals surface area (Å²) in [5.41, 5.74) is 2.82. The fourth-order valence-electron chi connectivity index (χ4n) is 4.08. The minimum absolute atomic E-state index is 0.0644. The number of aromatic nitrogens is 3. The Balaban J connectivity index is 1.58. The lowest BCUT2D eigenvalue weighted by Crippen LogP contribution is -2.41. The molecule has 2 aliphatic heterocycles. The number of rotatable bonds is 2. The second kappa shape index (κ2) is 8.04. The molecule has 2 aliphatic rings. The summed E-state index contributed by atoms with van der Waals surface area (Å²) >= 11 is 0. The normalized spacial score (nSPS) is 22.0. The first kappa shape index (κ1) is 21.2. The summed E-state index contributed by atoms with van der Waals surface area (Å²) in [6, 6.07) is 10.0. The predicted octanol–water partition coefficient (Wildman–Crippen LogP) is 3.83. The van der Waals surface area contributed by atoms with E-state index in [4.69, 9.17) is 19.1 Å². The number of pyridine rings is 1. The lowest BCUT2D eigenvalue weighted by Gasteiger charge is -2.32. The molecule has 1 unspecified atom stereocenters. The first-order valence-electron chi connectivity index (χ1n) is 11.3. The van der Waals surface area contributed by atoms with E-state index in [2.05, 4.69) is 62.7 Å². The Kier molecular flexibility index (Phi) is 5.33. The van der Waals surface area contributed by atoms with Crippen molar-refractivity contribution in [2.45, 2.75) is 64.4 Å². The minimum atomic E-state index is -0.431. The average Bonchev–Trinajstić information content (AvgIpc) is 3.26. The zero-order valence-electron chi connectivity index (χ0n) is 19.1. The molecule has 3 aromatic rings. The van der Waals surface area contributed by atoms with Crippen LogP contribution in [-0.4, -0.2) is 39.7 Å². The topological polar surface area (TPSA) is 58.4 Å². The van der Waals surface area contributed by atoms with E-state index in [0.29, 0.717) is 0 Å². The van der Waals surface area contributed by atoms with Crippen molar-refractivity contribution < 1.29 is 14.0 Å². The van der Waals surface area contributed by atoms with Gasteiger partial charge in [0.25, 0.3) is 0 Å². The van der Waals surface area contributed by atoms with Gasteiger partial charge in [-0.15, -0.1) is 0 Å². The van der Waals surface area contributed by atoms with Crippen LogP contribution in [0.3, 0.4) is 0 Å². The SMILES string of the molecule is CC1(C)OB(c2ccc3c(c2)c(C#Cc2ccncc2)nn3C2CCCCO2)OC1(C)C. The highest BCUT2D eigenvalue weighted by Crippen LogP contribution is 2.37. The van der Waals surface area contributed by atoms with Crippen LogP contribution < -0.4 is 5.46 Å². The van der Waals surface area contributed by atoms with Crippen molar-refractivity contribution in [3.05, 3.63) is 54.0 Å². The third-order valence-corrected chi connectivity index (χ3v) is 6.69. The molecule has 4 heterocycles. The van der Waals surface area contributed by atoms with Crippen molar-refractivity contribution in [3.63, 3.8) is 0 Å². The van der Waals surface area contributed by atoms with Gasteiger partial charge >= 0.3 is 7.12 Å². The van der Waals surface area contributed by atoms with Crippen LogP contribution >= 0.6 is 0 Å². The van der Waals surface area contributed by atoms with E-state index in [1.54, 1.807) is 12.4 Å². The molecule has 164 valence electrons. The summed E-state index contributed by atoms with van der Waals surface area (Å²) in [5.74, 6) is 6.48. The molecule has 0 bridgehead atoms. The quantitative estimate of drug-likeness (QED) is 0.458. The van der Waals surface area contributed by atoms with Crippen molar-refractivity contribution >= 4 is 23.5 Å². The Bertz CT molecular complexity index is 1170. The maximum absolute atomic E-state index is 6.27. The highest BCUT2D eigenvalue weighted by Gasteiger charge is 2.51. The van der Waals surface area contributed by atoms with Gasteiger partial charge in [0.05, 0.1) is 16.7 Å². The van der Waals surface area contributed by atoms with Crippen LogP contribution in [0.5, 0.6) is 0 Å². The molecule has 5 rings (SSSR count). The summed E-state index contributed by atoms with van der Waals surface area (Å²) in [6.07, 6.45) is 6.60. The Labute approximate surface area is 189 Å². The molecule has 0 radical (unpaired) electrons. The fourth-order valence-corrected chi connectivity index (χ4v) is 4.08. The van der Waals surface area contributed by atoms with Crippen LogP contribution in [0.2, 0.25) is 0 Å². The Hall–Kier alpha value is -2.66. The van der Waals surface area contributed by atoms with Crippen molar-refractivity contribution in [2.75, 3.05) is 6.61 Å². The molecule has 0 spiro atoms. The number of hydrogen-bond donors (Lipinski definition) is 0. The standard InChI is InChI=1S/C25H28BN3O3/c1-24(2)25(3,4)32-26(31-24)19-9-11-22-20(17-19)21(10-8-18-12-14-27-15-13-18)28-29(22)23-7-5-6-16-30-23/h9,11-15,17,23H,5-7,16H2,1-4H3. The van der Waals surface area contributed by atoms with Gasteiger partial charge in [-0.05, 0) is 76.5 Å². The number of nitrogens with zero attached hydrogens (tertiary/aromatic N) is 3. The molecular weight excluding hydrogens is 401 g/mol. The zero-order valence-corrected chi connectivity index (χ0v) is 19.1. The number of benzene rings is 1. The molecular formula is C25H28BN3O3. The predicted molar refractivity (Wildman–Crippen MR) is 125 cm³/mol. The monoisotopic (exact) mass is 429 g/mol. The van der Waals surface area contributed by atoms with Gasteiger partial charge in [0.2, 0.25) is 0 Å². The molecule has 1 atom stereocenters. The molecule has 0 N–H and O–H groups in total. The van der Waals surface area contributed by atoms with Gasteiger partial charge in [-0.2, -0.15) is 5.10 Å². The van der Waals surface area contributed by atoms with Gasteiger partial charge in [-0.25, -0.2) is 4.68 Å².